The van der Waals surface area contributed by atoms with E-state index in [1.54, 1.807) is 0 Å². The van der Waals surface area contributed by atoms with E-state index < -0.39 is 17.8 Å². The van der Waals surface area contributed by atoms with E-state index >= 15 is 0 Å². The fourth-order valence-electron chi connectivity index (χ4n) is 6.80. The molecule has 3 fully saturated rings. The van der Waals surface area contributed by atoms with Crippen LogP contribution in [0.25, 0.3) is 0 Å². The summed E-state index contributed by atoms with van der Waals surface area (Å²) in [5.74, 6) is 1.63. The molecule has 0 saturated heterocycles. The molecule has 4 heteroatoms. The fourth-order valence-corrected chi connectivity index (χ4v) is 6.80. The Morgan fingerprint density at radius 3 is 2.52 bits per heavy atom. The first-order valence-electron chi connectivity index (χ1n) is 12.3. The molecule has 0 amide bonds. The lowest BCUT2D eigenvalue weighted by atomic mass is 9.60. The van der Waals surface area contributed by atoms with Crippen molar-refractivity contribution in [2.24, 2.45) is 23.2 Å². The molecule has 0 aromatic carbocycles. The average molecular weight is 433 g/mol. The highest BCUT2D eigenvalue weighted by molar-refractivity contribution is 5.38. The molecule has 0 spiro atoms. The molecule has 0 aromatic heterocycles. The van der Waals surface area contributed by atoms with Crippen LogP contribution in [-0.2, 0) is 0 Å². The summed E-state index contributed by atoms with van der Waals surface area (Å²) >= 11 is 0. The second kappa shape index (κ2) is 9.51. The quantitative estimate of drug-likeness (QED) is 0.491. The van der Waals surface area contributed by atoms with Gasteiger partial charge in [0.15, 0.2) is 0 Å². The van der Waals surface area contributed by atoms with Crippen LogP contribution in [0.5, 0.6) is 0 Å². The molecule has 7 atom stereocenters. The molecule has 3 saturated carbocycles. The Balaban J connectivity index is 1.75. The summed E-state index contributed by atoms with van der Waals surface area (Å²) in [4.78, 5) is 0. The number of rotatable bonds is 6. The molecule has 3 aliphatic rings. The molecule has 0 radical (unpaired) electrons. The molecule has 31 heavy (non-hydrogen) atoms. The van der Waals surface area contributed by atoms with Crippen molar-refractivity contribution in [1.82, 2.24) is 0 Å². The number of aliphatic hydroxyl groups is 4. The van der Waals surface area contributed by atoms with Crippen molar-refractivity contribution in [3.8, 4) is 0 Å². The Morgan fingerprint density at radius 1 is 1.13 bits per heavy atom. The van der Waals surface area contributed by atoms with Gasteiger partial charge in [0.2, 0.25) is 0 Å². The van der Waals surface area contributed by atoms with Crippen molar-refractivity contribution in [2.45, 2.75) is 109 Å². The molecule has 0 aliphatic heterocycles. The van der Waals surface area contributed by atoms with Crippen molar-refractivity contribution in [1.29, 1.82) is 0 Å². The molecule has 3 aliphatic carbocycles. The number of fused-ring (bicyclic) bond motifs is 1. The van der Waals surface area contributed by atoms with E-state index in [9.17, 15) is 20.4 Å². The largest absolute Gasteiger partial charge is 0.393 e. The third-order valence-corrected chi connectivity index (χ3v) is 8.40. The lowest BCUT2D eigenvalue weighted by Gasteiger charge is -2.46. The highest BCUT2D eigenvalue weighted by Gasteiger charge is 2.52. The van der Waals surface area contributed by atoms with Crippen molar-refractivity contribution >= 4 is 0 Å². The van der Waals surface area contributed by atoms with Gasteiger partial charge in [-0.1, -0.05) is 51.0 Å². The molecule has 0 aromatic rings. The Bertz CT molecular complexity index is 715. The van der Waals surface area contributed by atoms with E-state index in [0.717, 1.165) is 37.7 Å². The van der Waals surface area contributed by atoms with Crippen LogP contribution in [-0.4, -0.2) is 44.3 Å². The third kappa shape index (κ3) is 5.71. The lowest BCUT2D eigenvalue weighted by Crippen LogP contribution is -2.41. The first kappa shape index (κ1) is 24.7. The summed E-state index contributed by atoms with van der Waals surface area (Å²) < 4.78 is 0. The van der Waals surface area contributed by atoms with Crippen molar-refractivity contribution in [3.05, 3.63) is 35.5 Å². The molecule has 3 rings (SSSR count). The monoisotopic (exact) mass is 432 g/mol. The van der Waals surface area contributed by atoms with E-state index in [1.807, 2.05) is 19.9 Å². The molecule has 0 heterocycles. The third-order valence-electron chi connectivity index (χ3n) is 8.40. The van der Waals surface area contributed by atoms with Crippen LogP contribution in [0, 0.1) is 23.2 Å². The van der Waals surface area contributed by atoms with Gasteiger partial charge < -0.3 is 20.4 Å². The zero-order valence-corrected chi connectivity index (χ0v) is 20.0. The Kier molecular flexibility index (Phi) is 7.57. The van der Waals surface area contributed by atoms with Crippen LogP contribution >= 0.6 is 0 Å². The second-order valence-electron chi connectivity index (χ2n) is 11.6. The topological polar surface area (TPSA) is 80.9 Å². The first-order chi connectivity index (χ1) is 14.4. The zero-order chi connectivity index (χ0) is 23.0. The normalized spacial score (nSPS) is 40.4. The number of aliphatic hydroxyl groups excluding tert-OH is 3. The van der Waals surface area contributed by atoms with Gasteiger partial charge in [0.1, 0.15) is 0 Å². The predicted molar refractivity (Wildman–Crippen MR) is 125 cm³/mol. The molecule has 176 valence electrons. The Morgan fingerprint density at radius 2 is 1.84 bits per heavy atom. The van der Waals surface area contributed by atoms with Crippen LogP contribution in [0.2, 0.25) is 0 Å². The summed E-state index contributed by atoms with van der Waals surface area (Å²) in [6.45, 7) is 12.5. The van der Waals surface area contributed by atoms with Gasteiger partial charge in [-0.2, -0.15) is 0 Å². The predicted octanol–water partition coefficient (Wildman–Crippen LogP) is 4.68. The number of allylic oxidation sites excluding steroid dienone is 2. The van der Waals surface area contributed by atoms with E-state index in [-0.39, 0.29) is 11.5 Å². The smallest absolute Gasteiger partial charge is 0.0811 e. The lowest BCUT2D eigenvalue weighted by molar-refractivity contribution is 0.0146. The van der Waals surface area contributed by atoms with E-state index in [2.05, 4.69) is 26.5 Å². The molecular formula is C27H44O4. The molecule has 0 bridgehead atoms. The highest BCUT2D eigenvalue weighted by Crippen LogP contribution is 2.60. The average Bonchev–Trinajstić information content (AvgIpc) is 2.98. The highest BCUT2D eigenvalue weighted by atomic mass is 16.3. The minimum Gasteiger partial charge on any atom is -0.393 e. The van der Waals surface area contributed by atoms with Crippen molar-refractivity contribution in [3.63, 3.8) is 0 Å². The van der Waals surface area contributed by atoms with Gasteiger partial charge in [-0.3, -0.25) is 0 Å². The summed E-state index contributed by atoms with van der Waals surface area (Å²) in [6, 6.07) is 0. The van der Waals surface area contributed by atoms with Crippen LogP contribution in [0.3, 0.4) is 0 Å². The van der Waals surface area contributed by atoms with Gasteiger partial charge in [0, 0.05) is 6.42 Å². The SMILES string of the molecule is C=C1/C(=C\C=C2/C[C@H](O)C[C@@]3(C)C2CC[C@@H]3[C@H](C)CCCC(C)(C)O)C[C@@H](O)CC1O. The van der Waals surface area contributed by atoms with Crippen molar-refractivity contribution in [2.75, 3.05) is 0 Å². The summed E-state index contributed by atoms with van der Waals surface area (Å²) in [5.41, 5.74) is 2.44. The van der Waals surface area contributed by atoms with Crippen LogP contribution in [0.4, 0.5) is 0 Å². The van der Waals surface area contributed by atoms with Crippen molar-refractivity contribution < 1.29 is 20.4 Å². The van der Waals surface area contributed by atoms with Gasteiger partial charge in [0.05, 0.1) is 23.9 Å². The minimum absolute atomic E-state index is 0.0960. The number of hydrogen-bond acceptors (Lipinski definition) is 4. The van der Waals surface area contributed by atoms with E-state index in [4.69, 9.17) is 0 Å². The minimum atomic E-state index is -0.670. The van der Waals surface area contributed by atoms with Crippen LogP contribution in [0.15, 0.2) is 35.5 Å². The molecule has 2 unspecified atom stereocenters. The second-order valence-corrected chi connectivity index (χ2v) is 11.6. The van der Waals surface area contributed by atoms with Gasteiger partial charge in [-0.05, 0) is 86.7 Å². The number of hydrogen-bond donors (Lipinski definition) is 4. The van der Waals surface area contributed by atoms with Gasteiger partial charge >= 0.3 is 0 Å². The zero-order valence-electron chi connectivity index (χ0n) is 20.0. The Hall–Kier alpha value is -0.940. The van der Waals surface area contributed by atoms with Gasteiger partial charge in [-0.15, -0.1) is 0 Å². The van der Waals surface area contributed by atoms with E-state index in [0.29, 0.717) is 42.6 Å². The Labute approximate surface area is 188 Å². The molecule has 4 nitrogen and oxygen atoms in total. The summed E-state index contributed by atoms with van der Waals surface area (Å²) in [5, 5.41) is 41.0. The standard InChI is InChI=1S/C27H44O4/c1-17(7-6-12-26(3,4)31)23-10-11-24-20(14-22(29)16-27(23,24)5)9-8-19-13-21(28)15-25(30)18(19)2/h8-9,17,21-25,28-31H,2,6-7,10-16H2,1,3-5H3/b19-8-,20-9+/t17-,21-,22+,23-,24?,25?,27-/m1/s1. The summed E-state index contributed by atoms with van der Waals surface area (Å²) in [7, 11) is 0. The van der Waals surface area contributed by atoms with Crippen LogP contribution < -0.4 is 0 Å². The molecule has 4 N–H and O–H groups in total. The summed E-state index contributed by atoms with van der Waals surface area (Å²) in [6.07, 6.45) is 10.5. The first-order valence-corrected chi connectivity index (χ1v) is 12.3. The molecular weight excluding hydrogens is 388 g/mol. The van der Waals surface area contributed by atoms with Crippen LogP contribution in [0.1, 0.15) is 85.5 Å². The van der Waals surface area contributed by atoms with Gasteiger partial charge in [0.25, 0.3) is 0 Å². The maximum atomic E-state index is 10.8. The maximum Gasteiger partial charge on any atom is 0.0811 e. The van der Waals surface area contributed by atoms with E-state index in [1.165, 1.54) is 12.0 Å². The maximum absolute atomic E-state index is 10.8. The fraction of sp³-hybridized carbons (Fsp3) is 0.778. The van der Waals surface area contributed by atoms with Gasteiger partial charge in [-0.25, -0.2) is 0 Å².